The highest BCUT2D eigenvalue weighted by Crippen LogP contribution is 2.30. The molecular weight excluding hydrogens is 366 g/mol. The second-order valence-electron chi connectivity index (χ2n) is 3.45. The number of nitrogens with two attached hydrogens (primary N) is 1. The molecule has 3 N–H and O–H groups in total. The van der Waals surface area contributed by atoms with Gasteiger partial charge in [-0.2, -0.15) is 0 Å². The molecule has 0 atom stereocenters. The maximum absolute atomic E-state index is 11.8. The molecule has 94 valence electrons. The first-order valence-corrected chi connectivity index (χ1v) is 6.53. The summed E-state index contributed by atoms with van der Waals surface area (Å²) in [5, 5.41) is 6.61. The van der Waals surface area contributed by atoms with Crippen LogP contribution in [-0.4, -0.2) is 20.7 Å². The molecule has 1 aromatic carbocycles. The second kappa shape index (κ2) is 5.49. The Hall–Kier alpha value is -1.41. The Kier molecular flexibility index (Phi) is 3.97. The number of para-hydroxylation sites is 1. The monoisotopic (exact) mass is 373 g/mol. The van der Waals surface area contributed by atoms with Gasteiger partial charge in [-0.1, -0.05) is 6.07 Å². The maximum Gasteiger partial charge on any atom is 0.246 e. The number of benzene rings is 1. The molecule has 1 heterocycles. The van der Waals surface area contributed by atoms with Crippen molar-refractivity contribution in [2.75, 3.05) is 11.1 Å². The third-order valence-electron chi connectivity index (χ3n) is 2.09. The molecule has 0 bridgehead atoms. The van der Waals surface area contributed by atoms with E-state index in [1.165, 1.54) is 11.0 Å². The Morgan fingerprint density at radius 3 is 2.61 bits per heavy atom. The van der Waals surface area contributed by atoms with Gasteiger partial charge in [0.15, 0.2) is 0 Å². The minimum atomic E-state index is -0.215. The van der Waals surface area contributed by atoms with E-state index < -0.39 is 0 Å². The van der Waals surface area contributed by atoms with E-state index in [1.807, 2.05) is 18.2 Å². The summed E-state index contributed by atoms with van der Waals surface area (Å²) in [4.78, 5) is 15.6. The summed E-state index contributed by atoms with van der Waals surface area (Å²) >= 11 is 6.73. The van der Waals surface area contributed by atoms with E-state index in [-0.39, 0.29) is 18.4 Å². The van der Waals surface area contributed by atoms with Gasteiger partial charge in [0.1, 0.15) is 12.9 Å². The number of halogens is 2. The normalized spacial score (nSPS) is 10.3. The maximum atomic E-state index is 11.8. The van der Waals surface area contributed by atoms with E-state index in [4.69, 9.17) is 5.73 Å². The van der Waals surface area contributed by atoms with Crippen molar-refractivity contribution >= 4 is 49.4 Å². The molecule has 18 heavy (non-hydrogen) atoms. The fraction of sp³-hybridized carbons (Fsp3) is 0.100. The Labute approximate surface area is 120 Å². The van der Waals surface area contributed by atoms with Crippen LogP contribution in [0.2, 0.25) is 0 Å². The van der Waals surface area contributed by atoms with Crippen molar-refractivity contribution in [3.63, 3.8) is 0 Å². The Morgan fingerprint density at radius 2 is 2.06 bits per heavy atom. The number of nitrogens with one attached hydrogen (secondary N) is 1. The summed E-state index contributed by atoms with van der Waals surface area (Å²) in [6, 6.07) is 5.55. The molecule has 0 fully saturated rings. The Bertz CT molecular complexity index is 563. The lowest BCUT2D eigenvalue weighted by atomic mass is 10.3. The van der Waals surface area contributed by atoms with E-state index in [9.17, 15) is 4.79 Å². The molecule has 0 saturated carbocycles. The van der Waals surface area contributed by atoms with Crippen molar-refractivity contribution in [2.24, 2.45) is 0 Å². The van der Waals surface area contributed by atoms with Crippen molar-refractivity contribution in [2.45, 2.75) is 6.54 Å². The standard InChI is InChI=1S/C10H9Br2N5O/c11-6-2-1-3-7(12)9(6)15-8(18)4-17-5-14-10(13)16-17/h1-3,5H,4H2,(H2,13,16)(H,15,18). The molecule has 6 nitrogen and oxygen atoms in total. The van der Waals surface area contributed by atoms with Gasteiger partial charge in [0.2, 0.25) is 11.9 Å². The molecule has 2 aromatic rings. The summed E-state index contributed by atoms with van der Waals surface area (Å²) in [5.74, 6) is -0.0719. The molecule has 0 saturated heterocycles. The molecular formula is C10H9Br2N5O. The van der Waals surface area contributed by atoms with Crippen molar-refractivity contribution < 1.29 is 4.79 Å². The van der Waals surface area contributed by atoms with Gasteiger partial charge < -0.3 is 11.1 Å². The molecule has 1 amide bonds. The lowest BCUT2D eigenvalue weighted by Crippen LogP contribution is -2.19. The van der Waals surface area contributed by atoms with Crippen molar-refractivity contribution in [3.05, 3.63) is 33.5 Å². The Balaban J connectivity index is 2.08. The lowest BCUT2D eigenvalue weighted by molar-refractivity contribution is -0.116. The van der Waals surface area contributed by atoms with Crippen LogP contribution in [0.15, 0.2) is 33.5 Å². The minimum Gasteiger partial charge on any atom is -0.367 e. The topological polar surface area (TPSA) is 85.8 Å². The van der Waals surface area contributed by atoms with Crippen molar-refractivity contribution in [3.8, 4) is 0 Å². The molecule has 2 rings (SSSR count). The van der Waals surface area contributed by atoms with E-state index in [0.29, 0.717) is 5.69 Å². The van der Waals surface area contributed by atoms with Gasteiger partial charge >= 0.3 is 0 Å². The lowest BCUT2D eigenvalue weighted by Gasteiger charge is -2.09. The largest absolute Gasteiger partial charge is 0.367 e. The van der Waals surface area contributed by atoms with Crippen LogP contribution in [0.4, 0.5) is 11.6 Å². The Morgan fingerprint density at radius 1 is 1.39 bits per heavy atom. The minimum absolute atomic E-state index is 0.0535. The van der Waals surface area contributed by atoms with Crippen LogP contribution in [0.5, 0.6) is 0 Å². The van der Waals surface area contributed by atoms with E-state index in [0.717, 1.165) is 8.95 Å². The molecule has 1 aromatic heterocycles. The quantitative estimate of drug-likeness (QED) is 0.860. The molecule has 8 heteroatoms. The van der Waals surface area contributed by atoms with Gasteiger partial charge in [-0.15, -0.1) is 5.10 Å². The number of hydrogen-bond acceptors (Lipinski definition) is 4. The number of nitrogen functional groups attached to an aromatic ring is 1. The summed E-state index contributed by atoms with van der Waals surface area (Å²) < 4.78 is 2.96. The summed E-state index contributed by atoms with van der Waals surface area (Å²) in [5.41, 5.74) is 6.04. The zero-order chi connectivity index (χ0) is 13.1. The highest BCUT2D eigenvalue weighted by atomic mass is 79.9. The summed E-state index contributed by atoms with van der Waals surface area (Å²) in [6.45, 7) is 0.0535. The SMILES string of the molecule is Nc1ncn(CC(=O)Nc2c(Br)cccc2Br)n1. The van der Waals surface area contributed by atoms with Crippen LogP contribution < -0.4 is 11.1 Å². The highest BCUT2D eigenvalue weighted by molar-refractivity contribution is 9.11. The number of amides is 1. The van der Waals surface area contributed by atoms with Crippen LogP contribution in [-0.2, 0) is 11.3 Å². The summed E-state index contributed by atoms with van der Waals surface area (Å²) in [6.07, 6.45) is 1.41. The van der Waals surface area contributed by atoms with E-state index in [2.05, 4.69) is 47.3 Å². The zero-order valence-corrected chi connectivity index (χ0v) is 12.3. The van der Waals surface area contributed by atoms with E-state index >= 15 is 0 Å². The van der Waals surface area contributed by atoms with Gasteiger partial charge in [-0.05, 0) is 44.0 Å². The molecule has 0 radical (unpaired) electrons. The molecule has 0 aliphatic heterocycles. The average Bonchev–Trinajstić information content (AvgIpc) is 2.69. The number of aromatic nitrogens is 3. The van der Waals surface area contributed by atoms with Gasteiger partial charge in [0, 0.05) is 8.95 Å². The van der Waals surface area contributed by atoms with Gasteiger partial charge in [-0.25, -0.2) is 9.67 Å². The number of carbonyl (C=O) groups is 1. The molecule has 0 spiro atoms. The van der Waals surface area contributed by atoms with Gasteiger partial charge in [0.25, 0.3) is 0 Å². The van der Waals surface area contributed by atoms with Gasteiger partial charge in [0.05, 0.1) is 5.69 Å². The number of rotatable bonds is 3. The third kappa shape index (κ3) is 3.08. The van der Waals surface area contributed by atoms with Crippen LogP contribution in [0, 0.1) is 0 Å². The number of carbonyl (C=O) groups excluding carboxylic acids is 1. The van der Waals surface area contributed by atoms with Crippen LogP contribution in [0.3, 0.4) is 0 Å². The fourth-order valence-corrected chi connectivity index (χ4v) is 2.53. The highest BCUT2D eigenvalue weighted by Gasteiger charge is 2.10. The van der Waals surface area contributed by atoms with Crippen molar-refractivity contribution in [1.82, 2.24) is 14.8 Å². The van der Waals surface area contributed by atoms with Gasteiger partial charge in [-0.3, -0.25) is 4.79 Å². The fourth-order valence-electron chi connectivity index (χ4n) is 1.33. The van der Waals surface area contributed by atoms with Crippen LogP contribution in [0.1, 0.15) is 0 Å². The second-order valence-corrected chi connectivity index (χ2v) is 5.15. The predicted molar refractivity (Wildman–Crippen MR) is 74.9 cm³/mol. The van der Waals surface area contributed by atoms with Crippen LogP contribution >= 0.6 is 31.9 Å². The van der Waals surface area contributed by atoms with Crippen LogP contribution in [0.25, 0.3) is 0 Å². The number of nitrogens with zero attached hydrogens (tertiary/aromatic N) is 3. The van der Waals surface area contributed by atoms with E-state index in [1.54, 1.807) is 0 Å². The first kappa shape index (κ1) is 13.0. The molecule has 0 aliphatic carbocycles. The smallest absolute Gasteiger partial charge is 0.246 e. The molecule has 0 unspecified atom stereocenters. The average molecular weight is 375 g/mol. The first-order chi connectivity index (χ1) is 8.56. The number of anilines is 2. The zero-order valence-electron chi connectivity index (χ0n) is 9.10. The molecule has 0 aliphatic rings. The third-order valence-corrected chi connectivity index (χ3v) is 3.41. The first-order valence-electron chi connectivity index (χ1n) is 4.95. The van der Waals surface area contributed by atoms with Crippen molar-refractivity contribution in [1.29, 1.82) is 0 Å². The summed E-state index contributed by atoms with van der Waals surface area (Å²) in [7, 11) is 0. The number of hydrogen-bond donors (Lipinski definition) is 2. The predicted octanol–water partition coefficient (Wildman–Crippen LogP) is 2.02.